The Morgan fingerprint density at radius 1 is 1.21 bits per heavy atom. The molecule has 0 bridgehead atoms. The van der Waals surface area contributed by atoms with Crippen molar-refractivity contribution >= 4 is 17.3 Å². The standard InChI is InChI=1S/C12H10N4O3/c13-8-1-10-11(19-6-18-10)2-9(8)16-12(17)7-3-14-5-15-4-7/h1-5H,6,13H2,(H,16,17). The molecule has 1 aromatic carbocycles. The van der Waals surface area contributed by atoms with Crippen molar-refractivity contribution in [2.24, 2.45) is 0 Å². The van der Waals surface area contributed by atoms with E-state index in [0.717, 1.165) is 0 Å². The number of nitrogens with two attached hydrogens (primary N) is 1. The minimum Gasteiger partial charge on any atom is -0.454 e. The van der Waals surface area contributed by atoms with Crippen molar-refractivity contribution < 1.29 is 14.3 Å². The van der Waals surface area contributed by atoms with Crippen molar-refractivity contribution in [3.63, 3.8) is 0 Å². The highest BCUT2D eigenvalue weighted by Crippen LogP contribution is 2.38. The Bertz CT molecular complexity index is 630. The minimum absolute atomic E-state index is 0.151. The van der Waals surface area contributed by atoms with Gasteiger partial charge < -0.3 is 20.5 Å². The summed E-state index contributed by atoms with van der Waals surface area (Å²) in [6, 6.07) is 3.23. The van der Waals surface area contributed by atoms with Crippen LogP contribution in [-0.4, -0.2) is 22.7 Å². The van der Waals surface area contributed by atoms with Gasteiger partial charge in [0.05, 0.1) is 16.9 Å². The highest BCUT2D eigenvalue weighted by molar-refractivity contribution is 6.05. The van der Waals surface area contributed by atoms with Gasteiger partial charge in [0.15, 0.2) is 11.5 Å². The fraction of sp³-hybridized carbons (Fsp3) is 0.0833. The third-order valence-electron chi connectivity index (χ3n) is 2.62. The molecule has 1 aromatic heterocycles. The van der Waals surface area contributed by atoms with Gasteiger partial charge in [-0.3, -0.25) is 4.79 Å². The lowest BCUT2D eigenvalue weighted by molar-refractivity contribution is 0.102. The van der Waals surface area contributed by atoms with Gasteiger partial charge >= 0.3 is 0 Å². The lowest BCUT2D eigenvalue weighted by Crippen LogP contribution is -2.13. The first-order valence-corrected chi connectivity index (χ1v) is 5.49. The maximum Gasteiger partial charge on any atom is 0.258 e. The van der Waals surface area contributed by atoms with Crippen molar-refractivity contribution in [2.45, 2.75) is 0 Å². The van der Waals surface area contributed by atoms with Gasteiger partial charge in [-0.05, 0) is 0 Å². The van der Waals surface area contributed by atoms with E-state index in [1.165, 1.54) is 18.7 Å². The van der Waals surface area contributed by atoms with Gasteiger partial charge in [0, 0.05) is 24.5 Å². The SMILES string of the molecule is Nc1cc2c(cc1NC(=O)c1cncnc1)OCO2. The second-order valence-corrected chi connectivity index (χ2v) is 3.87. The second kappa shape index (κ2) is 4.45. The summed E-state index contributed by atoms with van der Waals surface area (Å²) in [5, 5.41) is 2.68. The molecule has 0 radical (unpaired) electrons. The molecule has 19 heavy (non-hydrogen) atoms. The number of nitrogens with one attached hydrogen (secondary N) is 1. The number of carbonyl (C=O) groups excluding carboxylic acids is 1. The van der Waals surface area contributed by atoms with Crippen LogP contribution in [0.2, 0.25) is 0 Å². The summed E-state index contributed by atoms with van der Waals surface area (Å²) in [6.07, 6.45) is 4.20. The minimum atomic E-state index is -0.342. The summed E-state index contributed by atoms with van der Waals surface area (Å²) in [5.74, 6) is 0.776. The molecule has 0 atom stereocenters. The molecular formula is C12H10N4O3. The molecule has 7 heteroatoms. The Balaban J connectivity index is 1.86. The molecule has 7 nitrogen and oxygen atoms in total. The fourth-order valence-electron chi connectivity index (χ4n) is 1.68. The number of fused-ring (bicyclic) bond motifs is 1. The number of amides is 1. The molecule has 0 saturated heterocycles. The zero-order chi connectivity index (χ0) is 13.2. The molecule has 96 valence electrons. The van der Waals surface area contributed by atoms with E-state index < -0.39 is 0 Å². The molecule has 0 aliphatic carbocycles. The Kier molecular flexibility index (Phi) is 2.64. The molecular weight excluding hydrogens is 248 g/mol. The molecule has 3 N–H and O–H groups in total. The topological polar surface area (TPSA) is 99.4 Å². The highest BCUT2D eigenvalue weighted by atomic mass is 16.7. The van der Waals surface area contributed by atoms with Crippen LogP contribution in [0.15, 0.2) is 30.9 Å². The lowest BCUT2D eigenvalue weighted by atomic mass is 10.2. The molecule has 1 aliphatic heterocycles. The molecule has 0 spiro atoms. The first kappa shape index (κ1) is 11.3. The van der Waals surface area contributed by atoms with Gasteiger partial charge in [-0.1, -0.05) is 0 Å². The summed E-state index contributed by atoms with van der Waals surface area (Å²) in [7, 11) is 0. The van der Waals surface area contributed by atoms with E-state index in [1.807, 2.05) is 0 Å². The summed E-state index contributed by atoms with van der Waals surface area (Å²) in [6.45, 7) is 0.151. The molecule has 0 saturated carbocycles. The Labute approximate surface area is 108 Å². The van der Waals surface area contributed by atoms with Gasteiger partial charge in [0.1, 0.15) is 6.33 Å². The third-order valence-corrected chi connectivity index (χ3v) is 2.62. The van der Waals surface area contributed by atoms with Crippen molar-refractivity contribution in [1.29, 1.82) is 0 Å². The zero-order valence-corrected chi connectivity index (χ0v) is 9.79. The Morgan fingerprint density at radius 3 is 2.63 bits per heavy atom. The molecule has 0 unspecified atom stereocenters. The highest BCUT2D eigenvalue weighted by Gasteiger charge is 2.17. The summed E-state index contributed by atoms with van der Waals surface area (Å²) >= 11 is 0. The number of anilines is 2. The first-order valence-electron chi connectivity index (χ1n) is 5.49. The predicted octanol–water partition coefficient (Wildman–Crippen LogP) is 1.04. The average Bonchev–Trinajstić information content (AvgIpc) is 2.87. The van der Waals surface area contributed by atoms with Gasteiger partial charge in [0.25, 0.3) is 5.91 Å². The number of carbonyl (C=O) groups is 1. The fourth-order valence-corrected chi connectivity index (χ4v) is 1.68. The van der Waals surface area contributed by atoms with Gasteiger partial charge in [-0.25, -0.2) is 9.97 Å². The Hall–Kier alpha value is -2.83. The smallest absolute Gasteiger partial charge is 0.258 e. The number of rotatable bonds is 2. The first-order chi connectivity index (χ1) is 9.24. The van der Waals surface area contributed by atoms with Crippen LogP contribution in [0, 0.1) is 0 Å². The van der Waals surface area contributed by atoms with E-state index >= 15 is 0 Å². The van der Waals surface area contributed by atoms with E-state index in [1.54, 1.807) is 12.1 Å². The van der Waals surface area contributed by atoms with Crippen LogP contribution in [0.3, 0.4) is 0 Å². The number of hydrogen-bond donors (Lipinski definition) is 2. The molecule has 3 rings (SSSR count). The van der Waals surface area contributed by atoms with Crippen LogP contribution >= 0.6 is 0 Å². The summed E-state index contributed by atoms with van der Waals surface area (Å²) in [5.41, 5.74) is 7.04. The van der Waals surface area contributed by atoms with E-state index in [4.69, 9.17) is 15.2 Å². The van der Waals surface area contributed by atoms with E-state index in [0.29, 0.717) is 28.4 Å². The maximum absolute atomic E-state index is 11.9. The molecule has 1 amide bonds. The van der Waals surface area contributed by atoms with Crippen molar-refractivity contribution in [1.82, 2.24) is 9.97 Å². The number of nitrogens with zero attached hydrogens (tertiary/aromatic N) is 2. The second-order valence-electron chi connectivity index (χ2n) is 3.87. The predicted molar refractivity (Wildman–Crippen MR) is 67.0 cm³/mol. The van der Waals surface area contributed by atoms with Crippen LogP contribution in [-0.2, 0) is 0 Å². The largest absolute Gasteiger partial charge is 0.454 e. The van der Waals surface area contributed by atoms with Crippen LogP contribution < -0.4 is 20.5 Å². The van der Waals surface area contributed by atoms with Gasteiger partial charge in [0.2, 0.25) is 6.79 Å². The van der Waals surface area contributed by atoms with Crippen LogP contribution in [0.25, 0.3) is 0 Å². The number of ether oxygens (including phenoxy) is 2. The number of nitrogen functional groups attached to an aromatic ring is 1. The van der Waals surface area contributed by atoms with E-state index in [-0.39, 0.29) is 12.7 Å². The third kappa shape index (κ3) is 2.13. The van der Waals surface area contributed by atoms with E-state index in [9.17, 15) is 4.79 Å². The van der Waals surface area contributed by atoms with E-state index in [2.05, 4.69) is 15.3 Å². The summed E-state index contributed by atoms with van der Waals surface area (Å²) < 4.78 is 10.4. The molecule has 2 aromatic rings. The monoisotopic (exact) mass is 258 g/mol. The molecule has 1 aliphatic rings. The number of benzene rings is 1. The van der Waals surface area contributed by atoms with Crippen molar-refractivity contribution in [3.8, 4) is 11.5 Å². The van der Waals surface area contributed by atoms with Crippen LogP contribution in [0.4, 0.5) is 11.4 Å². The number of hydrogen-bond acceptors (Lipinski definition) is 6. The van der Waals surface area contributed by atoms with Crippen LogP contribution in [0.5, 0.6) is 11.5 Å². The summed E-state index contributed by atoms with van der Waals surface area (Å²) in [4.78, 5) is 19.5. The maximum atomic E-state index is 11.9. The molecule has 2 heterocycles. The Morgan fingerprint density at radius 2 is 1.89 bits per heavy atom. The van der Waals surface area contributed by atoms with Gasteiger partial charge in [-0.15, -0.1) is 0 Å². The van der Waals surface area contributed by atoms with Crippen molar-refractivity contribution in [3.05, 3.63) is 36.4 Å². The van der Waals surface area contributed by atoms with Crippen LogP contribution in [0.1, 0.15) is 10.4 Å². The van der Waals surface area contributed by atoms with Gasteiger partial charge in [-0.2, -0.15) is 0 Å². The quantitative estimate of drug-likeness (QED) is 0.781. The molecule has 0 fully saturated rings. The average molecular weight is 258 g/mol. The lowest BCUT2D eigenvalue weighted by Gasteiger charge is -2.08. The van der Waals surface area contributed by atoms with Crippen molar-refractivity contribution in [2.75, 3.05) is 17.8 Å². The normalized spacial score (nSPS) is 12.2. The number of aromatic nitrogens is 2. The zero-order valence-electron chi connectivity index (χ0n) is 9.79.